The first kappa shape index (κ1) is 14.7. The first-order chi connectivity index (χ1) is 10.9. The summed E-state index contributed by atoms with van der Waals surface area (Å²) in [6.07, 6.45) is 8.11. The standard InChI is InChI=1S/C18H24N4O/c1-11-21-15-10-20-17-14(8-9-19-17)16(15)22(11)13-6-4-12(5-7-13)18(2,3)23/h8-10,12-13,23H,4-7H2,1-3H3,(H,19,20)/t12-,13-. The summed E-state index contributed by atoms with van der Waals surface area (Å²) in [5.74, 6) is 1.45. The molecule has 0 atom stereocenters. The van der Waals surface area contributed by atoms with Gasteiger partial charge in [-0.1, -0.05) is 0 Å². The Morgan fingerprint density at radius 3 is 2.70 bits per heavy atom. The average Bonchev–Trinajstić information content (AvgIpc) is 3.09. The molecule has 1 fully saturated rings. The van der Waals surface area contributed by atoms with Gasteiger partial charge in [0.2, 0.25) is 0 Å². The molecule has 4 rings (SSSR count). The Morgan fingerprint density at radius 2 is 2.00 bits per heavy atom. The topological polar surface area (TPSA) is 66.7 Å². The van der Waals surface area contributed by atoms with Gasteiger partial charge in [-0.3, -0.25) is 0 Å². The van der Waals surface area contributed by atoms with Crippen LogP contribution in [0.3, 0.4) is 0 Å². The van der Waals surface area contributed by atoms with Crippen molar-refractivity contribution in [3.63, 3.8) is 0 Å². The summed E-state index contributed by atoms with van der Waals surface area (Å²) in [6.45, 7) is 5.95. The molecule has 122 valence electrons. The van der Waals surface area contributed by atoms with E-state index in [1.54, 1.807) is 0 Å². The van der Waals surface area contributed by atoms with Crippen molar-refractivity contribution in [1.82, 2.24) is 19.5 Å². The summed E-state index contributed by atoms with van der Waals surface area (Å²) in [4.78, 5) is 12.4. The summed E-state index contributed by atoms with van der Waals surface area (Å²) >= 11 is 0. The summed E-state index contributed by atoms with van der Waals surface area (Å²) in [5.41, 5.74) is 2.51. The molecule has 3 heterocycles. The van der Waals surface area contributed by atoms with Gasteiger partial charge in [0.15, 0.2) is 0 Å². The van der Waals surface area contributed by atoms with E-state index in [1.165, 1.54) is 5.52 Å². The summed E-state index contributed by atoms with van der Waals surface area (Å²) in [6, 6.07) is 2.55. The maximum atomic E-state index is 10.3. The van der Waals surface area contributed by atoms with Crippen molar-refractivity contribution in [2.24, 2.45) is 5.92 Å². The lowest BCUT2D eigenvalue weighted by atomic mass is 9.77. The molecule has 0 spiro atoms. The van der Waals surface area contributed by atoms with Gasteiger partial charge >= 0.3 is 0 Å². The maximum absolute atomic E-state index is 10.3. The van der Waals surface area contributed by atoms with E-state index < -0.39 is 5.60 Å². The van der Waals surface area contributed by atoms with E-state index in [2.05, 4.69) is 27.5 Å². The van der Waals surface area contributed by atoms with Crippen molar-refractivity contribution in [3.8, 4) is 0 Å². The van der Waals surface area contributed by atoms with E-state index in [4.69, 9.17) is 4.98 Å². The van der Waals surface area contributed by atoms with Gasteiger partial charge in [-0.05, 0) is 58.4 Å². The molecule has 0 aliphatic heterocycles. The van der Waals surface area contributed by atoms with Gasteiger partial charge in [0, 0.05) is 17.6 Å². The molecule has 23 heavy (non-hydrogen) atoms. The molecule has 5 nitrogen and oxygen atoms in total. The zero-order valence-electron chi connectivity index (χ0n) is 14.0. The molecule has 0 bridgehead atoms. The van der Waals surface area contributed by atoms with Crippen molar-refractivity contribution in [3.05, 3.63) is 24.3 Å². The number of pyridine rings is 1. The first-order valence-electron chi connectivity index (χ1n) is 8.48. The Labute approximate surface area is 135 Å². The second kappa shape index (κ2) is 5.06. The minimum absolute atomic E-state index is 0.391. The van der Waals surface area contributed by atoms with Crippen LogP contribution in [0.15, 0.2) is 18.5 Å². The van der Waals surface area contributed by atoms with Crippen LogP contribution in [0.5, 0.6) is 0 Å². The van der Waals surface area contributed by atoms with Crippen LogP contribution in [0.1, 0.15) is 51.4 Å². The van der Waals surface area contributed by atoms with Crippen molar-refractivity contribution in [2.75, 3.05) is 0 Å². The number of aromatic amines is 1. The monoisotopic (exact) mass is 312 g/mol. The molecule has 0 saturated heterocycles. The van der Waals surface area contributed by atoms with Crippen LogP contribution < -0.4 is 0 Å². The number of hydrogen-bond acceptors (Lipinski definition) is 3. The third-order valence-electron chi connectivity index (χ3n) is 5.47. The van der Waals surface area contributed by atoms with Crippen LogP contribution in [-0.2, 0) is 0 Å². The Bertz CT molecular complexity index is 847. The fraction of sp³-hybridized carbons (Fsp3) is 0.556. The van der Waals surface area contributed by atoms with E-state index in [9.17, 15) is 5.11 Å². The lowest BCUT2D eigenvalue weighted by Gasteiger charge is -2.36. The molecule has 1 aliphatic carbocycles. The number of nitrogens with zero attached hydrogens (tertiary/aromatic N) is 3. The third kappa shape index (κ3) is 2.34. The molecule has 0 radical (unpaired) electrons. The SMILES string of the molecule is Cc1nc2cnc3[nH]ccc3c2n1[C@H]1CC[C@H](C(C)(C)O)CC1. The van der Waals surface area contributed by atoms with Gasteiger partial charge in [-0.25, -0.2) is 9.97 Å². The molecule has 1 aliphatic rings. The van der Waals surface area contributed by atoms with Crippen LogP contribution >= 0.6 is 0 Å². The number of aryl methyl sites for hydroxylation is 1. The molecule has 3 aromatic heterocycles. The number of H-pyrrole nitrogens is 1. The highest BCUT2D eigenvalue weighted by Gasteiger charge is 2.33. The molecule has 0 aromatic carbocycles. The third-order valence-corrected chi connectivity index (χ3v) is 5.47. The molecule has 0 unspecified atom stereocenters. The van der Waals surface area contributed by atoms with Crippen molar-refractivity contribution < 1.29 is 5.11 Å². The first-order valence-corrected chi connectivity index (χ1v) is 8.48. The largest absolute Gasteiger partial charge is 0.390 e. The summed E-state index contributed by atoms with van der Waals surface area (Å²) in [5, 5.41) is 11.4. The van der Waals surface area contributed by atoms with Crippen molar-refractivity contribution in [2.45, 2.75) is 58.1 Å². The summed E-state index contributed by atoms with van der Waals surface area (Å²) < 4.78 is 2.40. The van der Waals surface area contributed by atoms with Gasteiger partial charge in [-0.15, -0.1) is 0 Å². The van der Waals surface area contributed by atoms with Crippen LogP contribution in [-0.4, -0.2) is 30.2 Å². The van der Waals surface area contributed by atoms with Crippen LogP contribution in [0.2, 0.25) is 0 Å². The van der Waals surface area contributed by atoms with Gasteiger partial charge in [0.05, 0.1) is 17.3 Å². The molecule has 1 saturated carbocycles. The number of rotatable bonds is 2. The van der Waals surface area contributed by atoms with E-state index in [0.29, 0.717) is 12.0 Å². The fourth-order valence-electron chi connectivity index (χ4n) is 4.20. The Kier molecular flexibility index (Phi) is 3.23. The quantitative estimate of drug-likeness (QED) is 0.758. The average molecular weight is 312 g/mol. The number of aromatic nitrogens is 4. The zero-order valence-corrected chi connectivity index (χ0v) is 14.0. The number of hydrogen-bond donors (Lipinski definition) is 2. The molecule has 5 heteroatoms. The number of fused-ring (bicyclic) bond motifs is 3. The Morgan fingerprint density at radius 1 is 1.26 bits per heavy atom. The van der Waals surface area contributed by atoms with E-state index in [1.807, 2.05) is 26.2 Å². The van der Waals surface area contributed by atoms with Gasteiger partial charge < -0.3 is 14.7 Å². The second-order valence-corrected chi connectivity index (χ2v) is 7.42. The number of imidazole rings is 1. The molecule has 0 amide bonds. The lowest BCUT2D eigenvalue weighted by Crippen LogP contribution is -2.34. The Balaban J connectivity index is 1.75. The van der Waals surface area contributed by atoms with E-state index in [0.717, 1.165) is 48.1 Å². The summed E-state index contributed by atoms with van der Waals surface area (Å²) in [7, 11) is 0. The predicted octanol–water partition coefficient (Wildman–Crippen LogP) is 3.72. The van der Waals surface area contributed by atoms with Crippen LogP contribution in [0.4, 0.5) is 0 Å². The molecule has 2 N–H and O–H groups in total. The number of aliphatic hydroxyl groups is 1. The Hall–Kier alpha value is -1.88. The van der Waals surface area contributed by atoms with Gasteiger partial charge in [0.1, 0.15) is 17.0 Å². The van der Waals surface area contributed by atoms with Crippen molar-refractivity contribution in [1.29, 1.82) is 0 Å². The van der Waals surface area contributed by atoms with E-state index >= 15 is 0 Å². The normalized spacial score (nSPS) is 23.0. The minimum atomic E-state index is -0.575. The van der Waals surface area contributed by atoms with Crippen LogP contribution in [0, 0.1) is 12.8 Å². The van der Waals surface area contributed by atoms with Gasteiger partial charge in [-0.2, -0.15) is 0 Å². The highest BCUT2D eigenvalue weighted by Crippen LogP contribution is 2.40. The maximum Gasteiger partial charge on any atom is 0.139 e. The van der Waals surface area contributed by atoms with Crippen molar-refractivity contribution >= 4 is 22.1 Å². The number of nitrogens with one attached hydrogen (secondary N) is 1. The smallest absolute Gasteiger partial charge is 0.139 e. The van der Waals surface area contributed by atoms with Crippen LogP contribution in [0.25, 0.3) is 22.1 Å². The fourth-order valence-corrected chi connectivity index (χ4v) is 4.20. The molecular formula is C18H24N4O. The molecule has 3 aromatic rings. The second-order valence-electron chi connectivity index (χ2n) is 7.42. The molecular weight excluding hydrogens is 288 g/mol. The zero-order chi connectivity index (χ0) is 16.2. The predicted molar refractivity (Wildman–Crippen MR) is 91.4 cm³/mol. The highest BCUT2D eigenvalue weighted by molar-refractivity contribution is 6.01. The van der Waals surface area contributed by atoms with Gasteiger partial charge in [0.25, 0.3) is 0 Å². The minimum Gasteiger partial charge on any atom is -0.390 e. The van der Waals surface area contributed by atoms with E-state index in [-0.39, 0.29) is 0 Å². The highest BCUT2D eigenvalue weighted by atomic mass is 16.3. The lowest BCUT2D eigenvalue weighted by molar-refractivity contribution is -0.00474.